The second-order valence-corrected chi connectivity index (χ2v) is 5.01. The maximum absolute atomic E-state index is 13.2. The Morgan fingerprint density at radius 2 is 2.14 bits per heavy atom. The molecule has 3 N–H and O–H groups in total. The number of aromatic nitrogens is 1. The molecule has 21 heavy (non-hydrogen) atoms. The summed E-state index contributed by atoms with van der Waals surface area (Å²) in [5, 5.41) is 22.6. The Bertz CT molecular complexity index is 632. The van der Waals surface area contributed by atoms with Crippen molar-refractivity contribution in [3.63, 3.8) is 0 Å². The van der Waals surface area contributed by atoms with Gasteiger partial charge in [-0.15, -0.1) is 0 Å². The molecule has 1 atom stereocenters. The topological polar surface area (TPSA) is 65.4 Å². The first-order valence-corrected chi connectivity index (χ1v) is 6.79. The van der Waals surface area contributed by atoms with E-state index in [2.05, 4.69) is 10.3 Å². The molecule has 2 rings (SSSR count). The van der Waals surface area contributed by atoms with Gasteiger partial charge < -0.3 is 15.5 Å². The Balaban J connectivity index is 2.14. The van der Waals surface area contributed by atoms with Crippen LogP contribution in [0, 0.1) is 12.7 Å². The molecule has 0 saturated heterocycles. The number of hydrogen-bond acceptors (Lipinski definition) is 4. The fraction of sp³-hybridized carbons (Fsp3) is 0.312. The molecule has 1 aromatic carbocycles. The summed E-state index contributed by atoms with van der Waals surface area (Å²) in [6, 6.07) is 6.29. The zero-order chi connectivity index (χ0) is 15.4. The van der Waals surface area contributed by atoms with Crippen LogP contribution in [-0.4, -0.2) is 15.2 Å². The third-order valence-corrected chi connectivity index (χ3v) is 3.53. The smallest absolute Gasteiger partial charge is 0.141 e. The van der Waals surface area contributed by atoms with E-state index in [0.29, 0.717) is 23.4 Å². The second-order valence-electron chi connectivity index (χ2n) is 5.01. The van der Waals surface area contributed by atoms with Crippen LogP contribution in [0.5, 0.6) is 5.75 Å². The van der Waals surface area contributed by atoms with Gasteiger partial charge in [-0.2, -0.15) is 0 Å². The number of halogens is 1. The average Bonchev–Trinajstić information content (AvgIpc) is 2.48. The van der Waals surface area contributed by atoms with Crippen molar-refractivity contribution in [2.75, 3.05) is 0 Å². The highest BCUT2D eigenvalue weighted by atomic mass is 19.1. The van der Waals surface area contributed by atoms with Crippen molar-refractivity contribution in [3.05, 3.63) is 58.7 Å². The van der Waals surface area contributed by atoms with E-state index in [1.807, 2.05) is 13.0 Å². The zero-order valence-electron chi connectivity index (χ0n) is 12.1. The summed E-state index contributed by atoms with van der Waals surface area (Å²) in [7, 11) is 0. The SMILES string of the molecule is Cc1ncc(CO)c(CN[C@H](C)c2cccc(F)c2)c1O. The number of nitrogens with zero attached hydrogens (tertiary/aromatic N) is 1. The number of benzene rings is 1. The van der Waals surface area contributed by atoms with Gasteiger partial charge in [-0.25, -0.2) is 4.39 Å². The van der Waals surface area contributed by atoms with Crippen molar-refractivity contribution >= 4 is 0 Å². The number of aromatic hydroxyl groups is 1. The number of rotatable bonds is 5. The number of aryl methyl sites for hydroxylation is 1. The molecule has 2 aromatic rings. The van der Waals surface area contributed by atoms with Gasteiger partial charge in [0.15, 0.2) is 0 Å². The first kappa shape index (κ1) is 15.4. The van der Waals surface area contributed by atoms with Gasteiger partial charge in [-0.1, -0.05) is 12.1 Å². The molecule has 0 amide bonds. The van der Waals surface area contributed by atoms with E-state index in [1.165, 1.54) is 12.1 Å². The number of pyridine rings is 1. The minimum atomic E-state index is -0.278. The van der Waals surface area contributed by atoms with Gasteiger partial charge in [-0.05, 0) is 31.5 Å². The van der Waals surface area contributed by atoms with E-state index in [0.717, 1.165) is 5.56 Å². The fourth-order valence-electron chi connectivity index (χ4n) is 2.17. The fourth-order valence-corrected chi connectivity index (χ4v) is 2.17. The molecule has 1 heterocycles. The molecule has 0 saturated carbocycles. The van der Waals surface area contributed by atoms with Crippen LogP contribution in [0.25, 0.3) is 0 Å². The quantitative estimate of drug-likeness (QED) is 0.792. The Morgan fingerprint density at radius 1 is 1.38 bits per heavy atom. The lowest BCUT2D eigenvalue weighted by molar-refractivity contribution is 0.278. The highest BCUT2D eigenvalue weighted by Gasteiger charge is 2.13. The number of hydrogen-bond donors (Lipinski definition) is 3. The molecule has 0 aliphatic rings. The van der Waals surface area contributed by atoms with E-state index >= 15 is 0 Å². The van der Waals surface area contributed by atoms with Crippen LogP contribution in [0.3, 0.4) is 0 Å². The van der Waals surface area contributed by atoms with Gasteiger partial charge >= 0.3 is 0 Å². The lowest BCUT2D eigenvalue weighted by Crippen LogP contribution is -2.19. The van der Waals surface area contributed by atoms with Crippen molar-refractivity contribution in [2.24, 2.45) is 0 Å². The molecular weight excluding hydrogens is 271 g/mol. The van der Waals surface area contributed by atoms with E-state index in [4.69, 9.17) is 0 Å². The minimum Gasteiger partial charge on any atom is -0.506 e. The van der Waals surface area contributed by atoms with E-state index in [1.54, 1.807) is 19.2 Å². The van der Waals surface area contributed by atoms with Gasteiger partial charge in [0, 0.05) is 29.9 Å². The van der Waals surface area contributed by atoms with E-state index in [9.17, 15) is 14.6 Å². The van der Waals surface area contributed by atoms with Gasteiger partial charge in [-0.3, -0.25) is 4.98 Å². The largest absolute Gasteiger partial charge is 0.506 e. The minimum absolute atomic E-state index is 0.0832. The predicted octanol–water partition coefficient (Wildman–Crippen LogP) is 2.58. The maximum atomic E-state index is 13.2. The van der Waals surface area contributed by atoms with Crippen LogP contribution in [0.4, 0.5) is 4.39 Å². The molecule has 5 heteroatoms. The number of aliphatic hydroxyl groups is 1. The highest BCUT2D eigenvalue weighted by molar-refractivity contribution is 5.40. The summed E-state index contributed by atoms with van der Waals surface area (Å²) in [4.78, 5) is 4.02. The second kappa shape index (κ2) is 6.65. The normalized spacial score (nSPS) is 12.4. The average molecular weight is 290 g/mol. The van der Waals surface area contributed by atoms with Crippen molar-refractivity contribution in [2.45, 2.75) is 33.0 Å². The predicted molar refractivity (Wildman–Crippen MR) is 78.2 cm³/mol. The molecular formula is C16H19FN2O2. The lowest BCUT2D eigenvalue weighted by atomic mass is 10.1. The van der Waals surface area contributed by atoms with Crippen LogP contribution < -0.4 is 5.32 Å². The number of aliphatic hydroxyl groups excluding tert-OH is 1. The molecule has 0 unspecified atom stereocenters. The molecule has 1 aromatic heterocycles. The van der Waals surface area contributed by atoms with Crippen LogP contribution in [-0.2, 0) is 13.2 Å². The van der Waals surface area contributed by atoms with Gasteiger partial charge in [0.2, 0.25) is 0 Å². The standard InChI is InChI=1S/C16H19FN2O2/c1-10(12-4-3-5-14(17)6-12)19-8-15-13(9-20)7-18-11(2)16(15)21/h3-7,10,19-21H,8-9H2,1-2H3/t10-/m1/s1. The zero-order valence-corrected chi connectivity index (χ0v) is 12.1. The first-order chi connectivity index (χ1) is 10.0. The summed E-state index contributed by atoms with van der Waals surface area (Å²) in [6.45, 7) is 3.80. The third-order valence-electron chi connectivity index (χ3n) is 3.53. The van der Waals surface area contributed by atoms with Crippen LogP contribution in [0.15, 0.2) is 30.5 Å². The van der Waals surface area contributed by atoms with E-state index in [-0.39, 0.29) is 24.2 Å². The lowest BCUT2D eigenvalue weighted by Gasteiger charge is -2.17. The van der Waals surface area contributed by atoms with Crippen molar-refractivity contribution in [1.82, 2.24) is 10.3 Å². The first-order valence-electron chi connectivity index (χ1n) is 6.79. The molecule has 112 valence electrons. The molecule has 0 fully saturated rings. The Morgan fingerprint density at radius 3 is 2.81 bits per heavy atom. The summed E-state index contributed by atoms with van der Waals surface area (Å²) < 4.78 is 13.2. The van der Waals surface area contributed by atoms with Crippen LogP contribution in [0.2, 0.25) is 0 Å². The molecule has 0 spiro atoms. The monoisotopic (exact) mass is 290 g/mol. The Labute approximate surface area is 123 Å². The Hall–Kier alpha value is -1.98. The van der Waals surface area contributed by atoms with Crippen molar-refractivity contribution in [1.29, 1.82) is 0 Å². The Kier molecular flexibility index (Phi) is 4.88. The number of nitrogens with one attached hydrogen (secondary N) is 1. The third kappa shape index (κ3) is 3.56. The van der Waals surface area contributed by atoms with Gasteiger partial charge in [0.25, 0.3) is 0 Å². The molecule has 0 aliphatic heterocycles. The van der Waals surface area contributed by atoms with Crippen LogP contribution >= 0.6 is 0 Å². The molecule has 0 aliphatic carbocycles. The summed E-state index contributed by atoms with van der Waals surface area (Å²) in [5.74, 6) is -0.194. The highest BCUT2D eigenvalue weighted by Crippen LogP contribution is 2.24. The molecule has 4 nitrogen and oxygen atoms in total. The van der Waals surface area contributed by atoms with Gasteiger partial charge in [0.05, 0.1) is 12.3 Å². The van der Waals surface area contributed by atoms with E-state index < -0.39 is 0 Å². The summed E-state index contributed by atoms with van der Waals surface area (Å²) >= 11 is 0. The molecule has 0 bridgehead atoms. The maximum Gasteiger partial charge on any atom is 0.141 e. The molecule has 0 radical (unpaired) electrons. The van der Waals surface area contributed by atoms with Crippen molar-refractivity contribution in [3.8, 4) is 5.75 Å². The van der Waals surface area contributed by atoms with Crippen LogP contribution in [0.1, 0.15) is 35.3 Å². The summed E-state index contributed by atoms with van der Waals surface area (Å²) in [6.07, 6.45) is 1.55. The van der Waals surface area contributed by atoms with Crippen molar-refractivity contribution < 1.29 is 14.6 Å². The van der Waals surface area contributed by atoms with Gasteiger partial charge in [0.1, 0.15) is 11.6 Å². The summed E-state index contributed by atoms with van der Waals surface area (Å²) in [5.41, 5.74) is 2.54.